The van der Waals surface area contributed by atoms with Gasteiger partial charge < -0.3 is 0 Å². The molecule has 0 aliphatic heterocycles. The molecular weight excluding hydrogens is 243 g/mol. The van der Waals surface area contributed by atoms with Crippen molar-refractivity contribution < 1.29 is 0 Å². The van der Waals surface area contributed by atoms with Gasteiger partial charge in [-0.1, -0.05) is 29.8 Å². The van der Waals surface area contributed by atoms with Crippen LogP contribution < -0.4 is 0 Å². The molecular formula is C10H8ClNaS2. The Kier molecular flexibility index (Phi) is 5.04. The molecule has 68 valence electrons. The molecule has 2 aromatic rings. The van der Waals surface area contributed by atoms with Crippen molar-refractivity contribution >= 4 is 65.1 Å². The maximum atomic E-state index is 6.02. The monoisotopic (exact) mass is 250 g/mol. The summed E-state index contributed by atoms with van der Waals surface area (Å²) in [5, 5.41) is 2.78. The zero-order chi connectivity index (χ0) is 9.26. The van der Waals surface area contributed by atoms with Crippen molar-refractivity contribution in [1.29, 1.82) is 0 Å². The van der Waals surface area contributed by atoms with Crippen LogP contribution in [0.15, 0.2) is 40.6 Å². The van der Waals surface area contributed by atoms with E-state index in [1.54, 1.807) is 11.3 Å². The maximum absolute atomic E-state index is 6.02. The molecule has 1 heterocycles. The van der Waals surface area contributed by atoms with Crippen molar-refractivity contribution in [3.8, 4) is 10.4 Å². The number of rotatable bonds is 1. The number of hydrogen-bond acceptors (Lipinski definition) is 2. The van der Waals surface area contributed by atoms with Crippen molar-refractivity contribution in [2.45, 2.75) is 4.90 Å². The van der Waals surface area contributed by atoms with Crippen molar-refractivity contribution in [3.63, 3.8) is 0 Å². The predicted octanol–water partition coefficient (Wildman–Crippen LogP) is 3.71. The van der Waals surface area contributed by atoms with Gasteiger partial charge in [0.15, 0.2) is 0 Å². The van der Waals surface area contributed by atoms with E-state index in [2.05, 4.69) is 12.6 Å². The Bertz CT molecular complexity index is 426. The van der Waals surface area contributed by atoms with Crippen LogP contribution in [0.4, 0.5) is 0 Å². The number of halogens is 1. The minimum absolute atomic E-state index is 0. The Labute approximate surface area is 120 Å². The van der Waals surface area contributed by atoms with E-state index in [-0.39, 0.29) is 29.6 Å². The first kappa shape index (κ1) is 12.6. The van der Waals surface area contributed by atoms with Gasteiger partial charge in [-0.05, 0) is 17.5 Å². The molecule has 2 rings (SSSR count). The molecule has 0 radical (unpaired) electrons. The second-order valence-corrected chi connectivity index (χ2v) is 4.42. The van der Waals surface area contributed by atoms with Gasteiger partial charge in [0.2, 0.25) is 0 Å². The summed E-state index contributed by atoms with van der Waals surface area (Å²) in [6.07, 6.45) is 0. The summed E-state index contributed by atoms with van der Waals surface area (Å²) < 4.78 is 0. The van der Waals surface area contributed by atoms with E-state index in [1.807, 2.05) is 35.7 Å². The molecule has 1 aromatic carbocycles. The van der Waals surface area contributed by atoms with Gasteiger partial charge in [0.25, 0.3) is 0 Å². The molecule has 0 nitrogen and oxygen atoms in total. The fourth-order valence-corrected chi connectivity index (χ4v) is 2.70. The molecule has 0 saturated heterocycles. The van der Waals surface area contributed by atoms with E-state index in [0.717, 1.165) is 20.4 Å². The van der Waals surface area contributed by atoms with Crippen LogP contribution in [0.3, 0.4) is 0 Å². The normalized spacial score (nSPS) is 9.57. The van der Waals surface area contributed by atoms with E-state index in [0.29, 0.717) is 0 Å². The standard InChI is InChI=1S/C10H7ClS2.Na.H/c11-8-5-6-13-10(8)7-3-1-2-4-9(7)12;;/h1-6,12H;;. The average Bonchev–Trinajstić information content (AvgIpc) is 2.52. The van der Waals surface area contributed by atoms with Gasteiger partial charge in [-0.3, -0.25) is 0 Å². The summed E-state index contributed by atoms with van der Waals surface area (Å²) in [4.78, 5) is 2.05. The first-order valence-corrected chi connectivity index (χ1v) is 5.51. The summed E-state index contributed by atoms with van der Waals surface area (Å²) in [5.74, 6) is 0. The third-order valence-corrected chi connectivity index (χ3v) is 3.53. The SMILES string of the molecule is Sc1ccccc1-c1sccc1Cl.[NaH]. The molecule has 0 N–H and O–H groups in total. The summed E-state index contributed by atoms with van der Waals surface area (Å²) >= 11 is 12.0. The molecule has 0 spiro atoms. The molecule has 14 heavy (non-hydrogen) atoms. The summed E-state index contributed by atoms with van der Waals surface area (Å²) in [5.41, 5.74) is 1.10. The van der Waals surface area contributed by atoms with Crippen molar-refractivity contribution in [3.05, 3.63) is 40.7 Å². The van der Waals surface area contributed by atoms with Crippen LogP contribution in [0.5, 0.6) is 0 Å². The van der Waals surface area contributed by atoms with Gasteiger partial charge in [-0.25, -0.2) is 0 Å². The van der Waals surface area contributed by atoms with Crippen LogP contribution in [0, 0.1) is 0 Å². The molecule has 0 unspecified atom stereocenters. The van der Waals surface area contributed by atoms with E-state index in [9.17, 15) is 0 Å². The van der Waals surface area contributed by atoms with Crippen molar-refractivity contribution in [2.24, 2.45) is 0 Å². The zero-order valence-corrected chi connectivity index (χ0v) is 9.16. The van der Waals surface area contributed by atoms with Crippen LogP contribution in [0.2, 0.25) is 5.02 Å². The quantitative estimate of drug-likeness (QED) is 0.579. The first-order chi connectivity index (χ1) is 6.29. The van der Waals surface area contributed by atoms with E-state index >= 15 is 0 Å². The van der Waals surface area contributed by atoms with Gasteiger partial charge in [0, 0.05) is 10.5 Å². The van der Waals surface area contributed by atoms with E-state index in [4.69, 9.17) is 11.6 Å². The van der Waals surface area contributed by atoms with Crippen molar-refractivity contribution in [2.75, 3.05) is 0 Å². The van der Waals surface area contributed by atoms with Gasteiger partial charge in [-0.15, -0.1) is 24.0 Å². The third kappa shape index (κ3) is 2.57. The Balaban J connectivity index is 0.000000980. The average molecular weight is 251 g/mol. The van der Waals surface area contributed by atoms with Crippen LogP contribution in [-0.2, 0) is 0 Å². The number of benzene rings is 1. The number of thiol groups is 1. The molecule has 4 heteroatoms. The van der Waals surface area contributed by atoms with Crippen LogP contribution in [0.25, 0.3) is 10.4 Å². The van der Waals surface area contributed by atoms with Crippen molar-refractivity contribution in [1.82, 2.24) is 0 Å². The number of hydrogen-bond donors (Lipinski definition) is 1. The summed E-state index contributed by atoms with van der Waals surface area (Å²) in [7, 11) is 0. The van der Waals surface area contributed by atoms with Gasteiger partial charge in [0.05, 0.1) is 9.90 Å². The van der Waals surface area contributed by atoms with Gasteiger partial charge >= 0.3 is 29.6 Å². The van der Waals surface area contributed by atoms with E-state index < -0.39 is 0 Å². The molecule has 0 aliphatic carbocycles. The Morgan fingerprint density at radius 3 is 2.43 bits per heavy atom. The molecule has 0 bridgehead atoms. The molecule has 0 amide bonds. The second-order valence-electron chi connectivity index (χ2n) is 2.61. The molecule has 1 aromatic heterocycles. The molecule has 0 fully saturated rings. The fourth-order valence-electron chi connectivity index (χ4n) is 1.15. The Morgan fingerprint density at radius 2 is 1.86 bits per heavy atom. The van der Waals surface area contributed by atoms with Crippen LogP contribution in [-0.4, -0.2) is 29.6 Å². The topological polar surface area (TPSA) is 0 Å². The second kappa shape index (κ2) is 5.59. The number of thiophene rings is 1. The van der Waals surface area contributed by atoms with Crippen LogP contribution in [0.1, 0.15) is 0 Å². The minimum atomic E-state index is 0. The Morgan fingerprint density at radius 1 is 1.14 bits per heavy atom. The summed E-state index contributed by atoms with van der Waals surface area (Å²) in [6.45, 7) is 0. The third-order valence-electron chi connectivity index (χ3n) is 1.77. The van der Waals surface area contributed by atoms with Gasteiger partial charge in [-0.2, -0.15) is 0 Å². The molecule has 0 atom stereocenters. The van der Waals surface area contributed by atoms with E-state index in [1.165, 1.54) is 0 Å². The molecule has 0 aliphatic rings. The Hall–Kier alpha value is 0.560. The predicted molar refractivity (Wildman–Crippen MR) is 69.2 cm³/mol. The first-order valence-electron chi connectivity index (χ1n) is 3.80. The van der Waals surface area contributed by atoms with Crippen LogP contribution >= 0.6 is 35.6 Å². The fraction of sp³-hybridized carbons (Fsp3) is 0. The molecule has 0 saturated carbocycles. The summed E-state index contributed by atoms with van der Waals surface area (Å²) in [6, 6.07) is 9.86. The zero-order valence-electron chi connectivity index (χ0n) is 6.70. The van der Waals surface area contributed by atoms with Gasteiger partial charge in [0.1, 0.15) is 0 Å².